The average Bonchev–Trinajstić information content (AvgIpc) is 2.89. The molecule has 3 rings (SSSR count). The number of amides is 1. The van der Waals surface area contributed by atoms with E-state index >= 15 is 0 Å². The number of aromatic nitrogens is 2. The van der Waals surface area contributed by atoms with Crippen LogP contribution in [-0.4, -0.2) is 15.7 Å². The number of hydrogen-bond donors (Lipinski definition) is 1. The molecule has 0 bridgehead atoms. The van der Waals surface area contributed by atoms with E-state index in [9.17, 15) is 4.79 Å². The number of aryl methyl sites for hydroxylation is 1. The van der Waals surface area contributed by atoms with Gasteiger partial charge in [-0.25, -0.2) is 4.68 Å². The Hall–Kier alpha value is -2.81. The second kappa shape index (κ2) is 7.61. The summed E-state index contributed by atoms with van der Waals surface area (Å²) < 4.78 is 1.59. The summed E-state index contributed by atoms with van der Waals surface area (Å²) in [5.74, 6) is -0.382. The summed E-state index contributed by atoms with van der Waals surface area (Å²) in [6, 6.07) is 16.4. The maximum Gasteiger partial charge on any atom is 0.260 e. The molecule has 0 radical (unpaired) electrons. The highest BCUT2D eigenvalue weighted by molar-refractivity contribution is 6.34. The first-order valence-electron chi connectivity index (χ1n) is 7.77. The predicted octanol–water partition coefficient (Wildman–Crippen LogP) is 4.67. The molecule has 0 saturated heterocycles. The second-order valence-electron chi connectivity index (χ2n) is 5.66. The number of hydrogen-bond acceptors (Lipinski definition) is 3. The monoisotopic (exact) mass is 384 g/mol. The first-order chi connectivity index (χ1) is 12.5. The van der Waals surface area contributed by atoms with E-state index < -0.39 is 0 Å². The number of benzene rings is 2. The molecule has 0 aliphatic heterocycles. The largest absolute Gasteiger partial charge is 0.322 e. The quantitative estimate of drug-likeness (QED) is 0.710. The Morgan fingerprint density at radius 2 is 1.96 bits per heavy atom. The number of rotatable bonds is 4. The highest BCUT2D eigenvalue weighted by Crippen LogP contribution is 2.24. The molecule has 0 unspecified atom stereocenters. The fourth-order valence-corrected chi connectivity index (χ4v) is 3.09. The molecule has 1 N–H and O–H groups in total. The van der Waals surface area contributed by atoms with Crippen LogP contribution in [0.1, 0.15) is 27.2 Å². The fraction of sp³-hybridized carbons (Fsp3) is 0.105. The lowest BCUT2D eigenvalue weighted by Crippen LogP contribution is -2.13. The number of nitriles is 1. The van der Waals surface area contributed by atoms with Gasteiger partial charge in [-0.05, 0) is 30.7 Å². The zero-order valence-electron chi connectivity index (χ0n) is 13.8. The van der Waals surface area contributed by atoms with E-state index in [1.165, 1.54) is 6.07 Å². The van der Waals surface area contributed by atoms with Gasteiger partial charge in [-0.1, -0.05) is 53.5 Å². The smallest absolute Gasteiger partial charge is 0.260 e. The first kappa shape index (κ1) is 18.0. The summed E-state index contributed by atoms with van der Waals surface area (Å²) in [4.78, 5) is 12.6. The van der Waals surface area contributed by atoms with Crippen LogP contribution in [-0.2, 0) is 6.54 Å². The summed E-state index contributed by atoms with van der Waals surface area (Å²) in [7, 11) is 0. The maximum absolute atomic E-state index is 12.6. The van der Waals surface area contributed by atoms with E-state index in [4.69, 9.17) is 28.5 Å². The summed E-state index contributed by atoms with van der Waals surface area (Å²) in [5.41, 5.74) is 2.69. The van der Waals surface area contributed by atoms with Crippen molar-refractivity contribution in [1.29, 1.82) is 5.26 Å². The zero-order chi connectivity index (χ0) is 18.7. The van der Waals surface area contributed by atoms with E-state index in [0.29, 0.717) is 29.1 Å². The third-order valence-electron chi connectivity index (χ3n) is 3.82. The van der Waals surface area contributed by atoms with Crippen LogP contribution in [0.2, 0.25) is 10.2 Å². The van der Waals surface area contributed by atoms with Gasteiger partial charge in [0, 0.05) is 5.69 Å². The third kappa shape index (κ3) is 3.72. The number of halogens is 2. The molecule has 26 heavy (non-hydrogen) atoms. The minimum absolute atomic E-state index is 0.267. The summed E-state index contributed by atoms with van der Waals surface area (Å²) in [5, 5.41) is 16.6. The van der Waals surface area contributed by atoms with Crippen LogP contribution in [0.5, 0.6) is 0 Å². The summed E-state index contributed by atoms with van der Waals surface area (Å²) in [6.07, 6.45) is 0. The lowest BCUT2D eigenvalue weighted by atomic mass is 10.2. The average molecular weight is 385 g/mol. The third-order valence-corrected chi connectivity index (χ3v) is 4.51. The minimum Gasteiger partial charge on any atom is -0.322 e. The molecule has 0 atom stereocenters. The molecule has 1 heterocycles. The number of carbonyl (C=O) groups excluding carboxylic acids is 1. The van der Waals surface area contributed by atoms with Gasteiger partial charge in [0.25, 0.3) is 5.91 Å². The van der Waals surface area contributed by atoms with E-state index in [0.717, 1.165) is 5.56 Å². The van der Waals surface area contributed by atoms with E-state index in [-0.39, 0.29) is 16.1 Å². The molecule has 3 aromatic rings. The van der Waals surface area contributed by atoms with Crippen molar-refractivity contribution in [2.45, 2.75) is 13.5 Å². The maximum atomic E-state index is 12.6. The molecule has 1 aromatic heterocycles. The van der Waals surface area contributed by atoms with Gasteiger partial charge in [0.05, 0.1) is 28.4 Å². The van der Waals surface area contributed by atoms with Crippen molar-refractivity contribution in [3.8, 4) is 6.07 Å². The van der Waals surface area contributed by atoms with Gasteiger partial charge in [0.15, 0.2) is 0 Å². The van der Waals surface area contributed by atoms with Crippen LogP contribution >= 0.6 is 23.2 Å². The van der Waals surface area contributed by atoms with Crippen molar-refractivity contribution in [2.24, 2.45) is 0 Å². The van der Waals surface area contributed by atoms with Gasteiger partial charge >= 0.3 is 0 Å². The first-order valence-corrected chi connectivity index (χ1v) is 8.53. The van der Waals surface area contributed by atoms with Crippen molar-refractivity contribution >= 4 is 34.8 Å². The number of nitrogens with one attached hydrogen (secondary N) is 1. The van der Waals surface area contributed by atoms with Crippen LogP contribution in [0.4, 0.5) is 5.69 Å². The molecule has 0 aliphatic rings. The fourth-order valence-electron chi connectivity index (χ4n) is 2.55. The molecule has 0 spiro atoms. The summed E-state index contributed by atoms with van der Waals surface area (Å²) >= 11 is 12.4. The Morgan fingerprint density at radius 1 is 1.23 bits per heavy atom. The van der Waals surface area contributed by atoms with Crippen molar-refractivity contribution in [1.82, 2.24) is 9.78 Å². The highest BCUT2D eigenvalue weighted by Gasteiger charge is 2.20. The Bertz CT molecular complexity index is 1010. The lowest BCUT2D eigenvalue weighted by molar-refractivity contribution is 0.102. The van der Waals surface area contributed by atoms with Crippen molar-refractivity contribution in [3.63, 3.8) is 0 Å². The Balaban J connectivity index is 1.84. The molecular formula is C19H14Cl2N4O. The van der Waals surface area contributed by atoms with Crippen LogP contribution in [0.15, 0.2) is 48.5 Å². The van der Waals surface area contributed by atoms with Crippen LogP contribution < -0.4 is 5.32 Å². The minimum atomic E-state index is -0.382. The van der Waals surface area contributed by atoms with Crippen molar-refractivity contribution in [3.05, 3.63) is 81.1 Å². The Labute approximate surface area is 160 Å². The number of nitrogens with zero attached hydrogens (tertiary/aromatic N) is 3. The molecule has 0 saturated carbocycles. The second-order valence-corrected chi connectivity index (χ2v) is 6.42. The van der Waals surface area contributed by atoms with Gasteiger partial charge in [-0.3, -0.25) is 4.79 Å². The van der Waals surface area contributed by atoms with Crippen LogP contribution in [0.3, 0.4) is 0 Å². The van der Waals surface area contributed by atoms with Gasteiger partial charge in [0.1, 0.15) is 11.2 Å². The van der Waals surface area contributed by atoms with Gasteiger partial charge in [0.2, 0.25) is 0 Å². The van der Waals surface area contributed by atoms with E-state index in [1.54, 1.807) is 23.7 Å². The zero-order valence-corrected chi connectivity index (χ0v) is 15.3. The summed E-state index contributed by atoms with van der Waals surface area (Å²) in [6.45, 7) is 2.20. The molecule has 1 amide bonds. The van der Waals surface area contributed by atoms with Gasteiger partial charge < -0.3 is 5.32 Å². The SMILES string of the molecule is Cc1nn(Cc2ccccc2)c(Cl)c1C(=O)Nc1ccc(C#N)c(Cl)c1. The van der Waals surface area contributed by atoms with Crippen molar-refractivity contribution < 1.29 is 4.79 Å². The molecular weight excluding hydrogens is 371 g/mol. The van der Waals surface area contributed by atoms with Crippen LogP contribution in [0, 0.1) is 18.3 Å². The standard InChI is InChI=1S/C19H14Cl2N4O/c1-12-17(18(21)25(24-12)11-13-5-3-2-4-6-13)19(26)23-15-8-7-14(10-22)16(20)9-15/h2-9H,11H2,1H3,(H,23,26). The van der Waals surface area contributed by atoms with Gasteiger partial charge in [-0.15, -0.1) is 0 Å². The van der Waals surface area contributed by atoms with Crippen LogP contribution in [0.25, 0.3) is 0 Å². The molecule has 7 heteroatoms. The molecule has 2 aromatic carbocycles. The highest BCUT2D eigenvalue weighted by atomic mass is 35.5. The van der Waals surface area contributed by atoms with Gasteiger partial charge in [-0.2, -0.15) is 10.4 Å². The topological polar surface area (TPSA) is 70.7 Å². The number of anilines is 1. The van der Waals surface area contributed by atoms with Crippen molar-refractivity contribution in [2.75, 3.05) is 5.32 Å². The normalized spacial score (nSPS) is 10.4. The molecule has 5 nitrogen and oxygen atoms in total. The molecule has 0 aliphatic carbocycles. The van der Waals surface area contributed by atoms with E-state index in [1.807, 2.05) is 36.4 Å². The molecule has 0 fully saturated rings. The predicted molar refractivity (Wildman–Crippen MR) is 102 cm³/mol. The number of carbonyl (C=O) groups is 1. The Kier molecular flexibility index (Phi) is 5.27. The molecule has 130 valence electrons. The lowest BCUT2D eigenvalue weighted by Gasteiger charge is -2.07. The van der Waals surface area contributed by atoms with E-state index in [2.05, 4.69) is 10.4 Å². The Morgan fingerprint density at radius 3 is 2.62 bits per heavy atom.